The van der Waals surface area contributed by atoms with Gasteiger partial charge < -0.3 is 15.6 Å². The van der Waals surface area contributed by atoms with Crippen LogP contribution in [-0.4, -0.2) is 11.1 Å². The first-order valence-corrected chi connectivity index (χ1v) is 6.79. The first-order chi connectivity index (χ1) is 9.60. The van der Waals surface area contributed by atoms with Gasteiger partial charge in [0.2, 0.25) is 0 Å². The lowest BCUT2D eigenvalue weighted by Crippen LogP contribution is -2.29. The SMILES string of the molecule is Cc1cccc(C(Oc2cccc(CO)c2)C(C)N)c1. The molecule has 20 heavy (non-hydrogen) atoms. The van der Waals surface area contributed by atoms with Crippen LogP contribution in [0, 0.1) is 6.92 Å². The number of rotatable bonds is 5. The van der Waals surface area contributed by atoms with Gasteiger partial charge in [0, 0.05) is 6.04 Å². The Labute approximate surface area is 120 Å². The summed E-state index contributed by atoms with van der Waals surface area (Å²) in [6.45, 7) is 3.99. The molecule has 0 saturated heterocycles. The fourth-order valence-electron chi connectivity index (χ4n) is 2.19. The van der Waals surface area contributed by atoms with Crippen LogP contribution in [-0.2, 0) is 6.61 Å². The standard InChI is InChI=1S/C17H21NO2/c1-12-5-3-7-15(9-12)17(13(2)18)20-16-8-4-6-14(10-16)11-19/h3-10,13,17,19H,11,18H2,1-2H3. The van der Waals surface area contributed by atoms with E-state index >= 15 is 0 Å². The Balaban J connectivity index is 2.25. The van der Waals surface area contributed by atoms with E-state index in [-0.39, 0.29) is 18.8 Å². The third-order valence-corrected chi connectivity index (χ3v) is 3.19. The minimum absolute atomic E-state index is 0.00445. The Bertz CT molecular complexity index is 566. The number of aliphatic hydroxyl groups is 1. The maximum Gasteiger partial charge on any atom is 0.138 e. The van der Waals surface area contributed by atoms with E-state index < -0.39 is 0 Å². The van der Waals surface area contributed by atoms with Crippen molar-refractivity contribution in [1.82, 2.24) is 0 Å². The number of aliphatic hydroxyl groups excluding tert-OH is 1. The van der Waals surface area contributed by atoms with Gasteiger partial charge >= 0.3 is 0 Å². The van der Waals surface area contributed by atoms with Crippen LogP contribution < -0.4 is 10.5 Å². The Morgan fingerprint density at radius 1 is 1.15 bits per heavy atom. The lowest BCUT2D eigenvalue weighted by molar-refractivity contribution is 0.179. The van der Waals surface area contributed by atoms with Gasteiger partial charge in [-0.2, -0.15) is 0 Å². The predicted molar refractivity (Wildman–Crippen MR) is 80.6 cm³/mol. The third-order valence-electron chi connectivity index (χ3n) is 3.19. The van der Waals surface area contributed by atoms with Crippen molar-refractivity contribution in [3.8, 4) is 5.75 Å². The van der Waals surface area contributed by atoms with E-state index in [4.69, 9.17) is 10.5 Å². The van der Waals surface area contributed by atoms with Crippen LogP contribution in [0.15, 0.2) is 48.5 Å². The highest BCUT2D eigenvalue weighted by molar-refractivity contribution is 5.31. The van der Waals surface area contributed by atoms with Crippen molar-refractivity contribution >= 4 is 0 Å². The Morgan fingerprint density at radius 2 is 1.90 bits per heavy atom. The number of nitrogens with two attached hydrogens (primary N) is 1. The topological polar surface area (TPSA) is 55.5 Å². The fraction of sp³-hybridized carbons (Fsp3) is 0.294. The molecule has 0 aromatic heterocycles. The quantitative estimate of drug-likeness (QED) is 0.879. The average Bonchev–Trinajstić information content (AvgIpc) is 2.44. The maximum absolute atomic E-state index is 9.18. The Kier molecular flexibility index (Phi) is 4.77. The number of aryl methyl sites for hydroxylation is 1. The van der Waals surface area contributed by atoms with E-state index in [0.717, 1.165) is 16.9 Å². The van der Waals surface area contributed by atoms with Crippen molar-refractivity contribution in [3.63, 3.8) is 0 Å². The van der Waals surface area contributed by atoms with E-state index in [1.165, 1.54) is 5.56 Å². The van der Waals surface area contributed by atoms with Crippen LogP contribution in [0.25, 0.3) is 0 Å². The van der Waals surface area contributed by atoms with Crippen molar-refractivity contribution in [3.05, 3.63) is 65.2 Å². The van der Waals surface area contributed by atoms with Gasteiger partial charge in [0.25, 0.3) is 0 Å². The molecule has 2 atom stereocenters. The summed E-state index contributed by atoms with van der Waals surface area (Å²) in [5.74, 6) is 0.723. The van der Waals surface area contributed by atoms with Gasteiger partial charge in [-0.15, -0.1) is 0 Å². The molecule has 0 spiro atoms. The summed E-state index contributed by atoms with van der Waals surface area (Å²) in [6, 6.07) is 15.5. The Hall–Kier alpha value is -1.84. The minimum atomic E-state index is -0.205. The lowest BCUT2D eigenvalue weighted by atomic mass is 10.0. The molecule has 3 nitrogen and oxygen atoms in total. The number of hydrogen-bond donors (Lipinski definition) is 2. The Morgan fingerprint density at radius 3 is 2.55 bits per heavy atom. The van der Waals surface area contributed by atoms with Crippen LogP contribution in [0.5, 0.6) is 5.75 Å². The summed E-state index contributed by atoms with van der Waals surface area (Å²) in [5.41, 5.74) is 9.14. The smallest absolute Gasteiger partial charge is 0.138 e. The molecule has 0 aliphatic heterocycles. The molecule has 0 fully saturated rings. The van der Waals surface area contributed by atoms with Gasteiger partial charge in [0.1, 0.15) is 11.9 Å². The highest BCUT2D eigenvalue weighted by Gasteiger charge is 2.18. The number of benzene rings is 2. The molecule has 0 radical (unpaired) electrons. The first-order valence-electron chi connectivity index (χ1n) is 6.79. The van der Waals surface area contributed by atoms with Crippen LogP contribution in [0.2, 0.25) is 0 Å². The summed E-state index contributed by atoms with van der Waals surface area (Å²) in [7, 11) is 0. The molecule has 0 amide bonds. The number of hydrogen-bond acceptors (Lipinski definition) is 3. The van der Waals surface area contributed by atoms with E-state index in [0.29, 0.717) is 0 Å². The second-order valence-electron chi connectivity index (χ2n) is 5.12. The van der Waals surface area contributed by atoms with Crippen LogP contribution in [0.3, 0.4) is 0 Å². The summed E-state index contributed by atoms with van der Waals surface area (Å²) >= 11 is 0. The highest BCUT2D eigenvalue weighted by Crippen LogP contribution is 2.25. The second kappa shape index (κ2) is 6.55. The van der Waals surface area contributed by atoms with Crippen LogP contribution >= 0.6 is 0 Å². The zero-order valence-electron chi connectivity index (χ0n) is 11.9. The first kappa shape index (κ1) is 14.6. The monoisotopic (exact) mass is 271 g/mol. The third kappa shape index (κ3) is 3.59. The van der Waals surface area contributed by atoms with Crippen molar-refractivity contribution in [2.75, 3.05) is 0 Å². The molecular formula is C17H21NO2. The van der Waals surface area contributed by atoms with Gasteiger partial charge in [-0.25, -0.2) is 0 Å². The van der Waals surface area contributed by atoms with E-state index in [2.05, 4.69) is 6.07 Å². The lowest BCUT2D eigenvalue weighted by Gasteiger charge is -2.23. The molecule has 3 N–H and O–H groups in total. The van der Waals surface area contributed by atoms with E-state index in [1.807, 2.05) is 56.3 Å². The van der Waals surface area contributed by atoms with E-state index in [1.54, 1.807) is 0 Å². The molecule has 2 unspecified atom stereocenters. The second-order valence-corrected chi connectivity index (χ2v) is 5.12. The van der Waals surface area contributed by atoms with Crippen molar-refractivity contribution in [2.45, 2.75) is 32.6 Å². The van der Waals surface area contributed by atoms with Crippen molar-refractivity contribution < 1.29 is 9.84 Å². The zero-order chi connectivity index (χ0) is 14.5. The predicted octanol–water partition coefficient (Wildman–Crippen LogP) is 2.95. The molecule has 0 aliphatic rings. The molecular weight excluding hydrogens is 250 g/mol. The van der Waals surface area contributed by atoms with Crippen molar-refractivity contribution in [1.29, 1.82) is 0 Å². The van der Waals surface area contributed by atoms with Crippen LogP contribution in [0.4, 0.5) is 0 Å². The molecule has 2 aromatic rings. The van der Waals surface area contributed by atoms with Gasteiger partial charge in [-0.3, -0.25) is 0 Å². The largest absolute Gasteiger partial charge is 0.484 e. The molecule has 0 aliphatic carbocycles. The molecule has 3 heteroatoms. The van der Waals surface area contributed by atoms with Crippen molar-refractivity contribution in [2.24, 2.45) is 5.73 Å². The summed E-state index contributed by atoms with van der Waals surface area (Å²) in [5, 5.41) is 9.18. The van der Waals surface area contributed by atoms with Gasteiger partial charge in [-0.05, 0) is 37.1 Å². The highest BCUT2D eigenvalue weighted by atomic mass is 16.5. The normalized spacial score (nSPS) is 13.8. The van der Waals surface area contributed by atoms with Gasteiger partial charge in [-0.1, -0.05) is 42.0 Å². The maximum atomic E-state index is 9.18. The molecule has 0 saturated carbocycles. The summed E-state index contributed by atoms with van der Waals surface area (Å²) in [4.78, 5) is 0. The average molecular weight is 271 g/mol. The molecule has 0 bridgehead atoms. The van der Waals surface area contributed by atoms with E-state index in [9.17, 15) is 5.11 Å². The molecule has 106 valence electrons. The molecule has 2 rings (SSSR count). The van der Waals surface area contributed by atoms with Crippen LogP contribution in [0.1, 0.15) is 29.7 Å². The minimum Gasteiger partial charge on any atom is -0.484 e. The molecule has 2 aromatic carbocycles. The summed E-state index contributed by atoms with van der Waals surface area (Å²) < 4.78 is 6.02. The molecule has 0 heterocycles. The number of ether oxygens (including phenoxy) is 1. The van der Waals surface area contributed by atoms with Gasteiger partial charge in [0.05, 0.1) is 6.61 Å². The summed E-state index contributed by atoms with van der Waals surface area (Å²) in [6.07, 6.45) is -0.205. The van der Waals surface area contributed by atoms with Gasteiger partial charge in [0.15, 0.2) is 0 Å². The fourth-order valence-corrected chi connectivity index (χ4v) is 2.19. The zero-order valence-corrected chi connectivity index (χ0v) is 11.9.